The molecule has 1 aromatic heterocycles. The molecule has 0 bridgehead atoms. The molecular weight excluding hydrogens is 283 g/mol. The second-order valence-corrected chi connectivity index (χ2v) is 7.53. The van der Waals surface area contributed by atoms with Crippen molar-refractivity contribution in [3.63, 3.8) is 0 Å². The number of ether oxygens (including phenoxy) is 1. The first kappa shape index (κ1) is 16.6. The van der Waals surface area contributed by atoms with E-state index in [0.717, 1.165) is 4.45 Å². The van der Waals surface area contributed by atoms with Crippen LogP contribution in [0, 0.1) is 0 Å². The maximum absolute atomic E-state index is 13.0. The number of nitrogen functional groups attached to an aromatic ring is 1. The van der Waals surface area contributed by atoms with Crippen LogP contribution < -0.4 is 5.73 Å². The molecule has 114 valence electrons. The number of carbonyl (C=O) groups is 1. The topological polar surface area (TPSA) is 107 Å². The zero-order valence-corrected chi connectivity index (χ0v) is 13.3. The second kappa shape index (κ2) is 6.34. The standard InChI is InChI=1S/C10H21N6O3P/c1-6-7-19-9(17)8-12-10(11)16(13-8)20(18,14(2)3)15(4)5/h6-7H2,1-5H3,(H2,11,12,13). The van der Waals surface area contributed by atoms with Crippen molar-refractivity contribution < 1.29 is 14.1 Å². The molecular formula is C10H21N6O3P. The van der Waals surface area contributed by atoms with E-state index in [9.17, 15) is 9.36 Å². The smallest absolute Gasteiger partial charge is 0.378 e. The summed E-state index contributed by atoms with van der Waals surface area (Å²) >= 11 is 0. The van der Waals surface area contributed by atoms with Gasteiger partial charge in [-0.25, -0.2) is 14.1 Å². The summed E-state index contributed by atoms with van der Waals surface area (Å²) in [5.74, 6) is -0.972. The van der Waals surface area contributed by atoms with Crippen LogP contribution in [0.3, 0.4) is 0 Å². The number of nitrogens with zero attached hydrogens (tertiary/aromatic N) is 5. The lowest BCUT2D eigenvalue weighted by Crippen LogP contribution is -2.27. The van der Waals surface area contributed by atoms with Gasteiger partial charge in [-0.1, -0.05) is 6.92 Å². The van der Waals surface area contributed by atoms with Crippen LogP contribution in [0.2, 0.25) is 0 Å². The van der Waals surface area contributed by atoms with Crippen LogP contribution in [0.4, 0.5) is 5.95 Å². The first-order chi connectivity index (χ1) is 9.25. The molecule has 0 fully saturated rings. The van der Waals surface area contributed by atoms with Gasteiger partial charge in [0.25, 0.3) is 5.82 Å². The molecule has 20 heavy (non-hydrogen) atoms. The molecule has 0 spiro atoms. The van der Waals surface area contributed by atoms with Gasteiger partial charge in [-0.15, -0.1) is 5.10 Å². The highest BCUT2D eigenvalue weighted by Crippen LogP contribution is 2.51. The van der Waals surface area contributed by atoms with Crippen LogP contribution >= 0.6 is 7.59 Å². The third kappa shape index (κ3) is 3.00. The molecule has 10 heteroatoms. The highest BCUT2D eigenvalue weighted by Gasteiger charge is 2.35. The van der Waals surface area contributed by atoms with Gasteiger partial charge in [0.15, 0.2) is 0 Å². The zero-order valence-electron chi connectivity index (χ0n) is 12.4. The number of carbonyl (C=O) groups excluding carboxylic acids is 1. The van der Waals surface area contributed by atoms with Gasteiger partial charge in [-0.3, -0.25) is 4.57 Å². The van der Waals surface area contributed by atoms with Gasteiger partial charge in [0.05, 0.1) is 6.61 Å². The van der Waals surface area contributed by atoms with Gasteiger partial charge in [0, 0.05) is 0 Å². The van der Waals surface area contributed by atoms with E-state index in [1.165, 1.54) is 9.34 Å². The predicted octanol–water partition coefficient (Wildman–Crippen LogP) is 0.506. The van der Waals surface area contributed by atoms with E-state index in [0.29, 0.717) is 6.42 Å². The molecule has 0 aromatic carbocycles. The van der Waals surface area contributed by atoms with Crippen molar-refractivity contribution >= 4 is 19.5 Å². The summed E-state index contributed by atoms with van der Waals surface area (Å²) in [5, 5.41) is 3.94. The summed E-state index contributed by atoms with van der Waals surface area (Å²) in [5.41, 5.74) is 5.73. The van der Waals surface area contributed by atoms with Crippen molar-refractivity contribution in [2.24, 2.45) is 0 Å². The minimum Gasteiger partial charge on any atom is -0.460 e. The van der Waals surface area contributed by atoms with Gasteiger partial charge in [-0.05, 0) is 34.6 Å². The van der Waals surface area contributed by atoms with Crippen molar-refractivity contribution in [3.05, 3.63) is 5.82 Å². The van der Waals surface area contributed by atoms with Crippen LogP contribution in [-0.2, 0) is 9.30 Å². The van der Waals surface area contributed by atoms with Crippen molar-refractivity contribution in [1.82, 2.24) is 23.9 Å². The number of hydrogen-bond acceptors (Lipinski definition) is 6. The summed E-state index contributed by atoms with van der Waals surface area (Å²) < 4.78 is 21.9. The Kier molecular flexibility index (Phi) is 5.27. The molecule has 0 aliphatic heterocycles. The molecule has 9 nitrogen and oxygen atoms in total. The molecule has 0 aliphatic carbocycles. The van der Waals surface area contributed by atoms with Crippen LogP contribution in [0.1, 0.15) is 24.0 Å². The van der Waals surface area contributed by atoms with E-state index in [2.05, 4.69) is 10.1 Å². The molecule has 1 aromatic rings. The van der Waals surface area contributed by atoms with Gasteiger partial charge >= 0.3 is 13.6 Å². The lowest BCUT2D eigenvalue weighted by atomic mass is 10.5. The monoisotopic (exact) mass is 304 g/mol. The minimum absolute atomic E-state index is 0.0980. The Hall–Kier alpha value is -1.44. The molecule has 0 saturated carbocycles. The van der Waals surface area contributed by atoms with E-state index in [1.54, 1.807) is 28.2 Å². The molecule has 0 saturated heterocycles. The van der Waals surface area contributed by atoms with Crippen LogP contribution in [0.5, 0.6) is 0 Å². The Bertz CT molecular complexity index is 515. The molecule has 2 N–H and O–H groups in total. The summed E-state index contributed by atoms with van der Waals surface area (Å²) in [6.07, 6.45) is 0.690. The third-order valence-electron chi connectivity index (χ3n) is 2.52. The van der Waals surface area contributed by atoms with Crippen molar-refractivity contribution in [1.29, 1.82) is 0 Å². The van der Waals surface area contributed by atoms with Gasteiger partial charge in [0.1, 0.15) is 0 Å². The molecule has 1 heterocycles. The van der Waals surface area contributed by atoms with E-state index in [4.69, 9.17) is 10.5 Å². The summed E-state index contributed by atoms with van der Waals surface area (Å²) in [7, 11) is 3.32. The van der Waals surface area contributed by atoms with Gasteiger partial charge < -0.3 is 10.5 Å². The number of rotatable bonds is 6. The molecule has 0 aliphatic rings. The molecule has 0 atom stereocenters. The number of aromatic nitrogens is 3. The Morgan fingerprint density at radius 3 is 2.35 bits per heavy atom. The maximum atomic E-state index is 13.0. The Morgan fingerprint density at radius 1 is 1.35 bits per heavy atom. The quantitative estimate of drug-likeness (QED) is 0.598. The van der Waals surface area contributed by atoms with Crippen molar-refractivity contribution in [2.45, 2.75) is 13.3 Å². The Balaban J connectivity index is 3.18. The van der Waals surface area contributed by atoms with Crippen LogP contribution in [-0.4, -0.2) is 64.6 Å². The SMILES string of the molecule is CCCOC(=O)c1nc(N)n(P(=O)(N(C)C)N(C)C)n1. The van der Waals surface area contributed by atoms with Gasteiger partial charge in [-0.2, -0.15) is 9.44 Å². The van der Waals surface area contributed by atoms with Crippen LogP contribution in [0.15, 0.2) is 0 Å². The lowest BCUT2D eigenvalue weighted by Gasteiger charge is -2.29. The van der Waals surface area contributed by atoms with E-state index < -0.39 is 13.6 Å². The fraction of sp³-hybridized carbons (Fsp3) is 0.700. The molecule has 1 rings (SSSR count). The lowest BCUT2D eigenvalue weighted by molar-refractivity contribution is 0.0491. The Morgan fingerprint density at radius 2 is 1.90 bits per heavy atom. The summed E-state index contributed by atoms with van der Waals surface area (Å²) in [6, 6.07) is 0. The fourth-order valence-electron chi connectivity index (χ4n) is 1.55. The zero-order chi connectivity index (χ0) is 15.5. The van der Waals surface area contributed by atoms with Crippen LogP contribution in [0.25, 0.3) is 0 Å². The number of esters is 1. The average molecular weight is 304 g/mol. The fourth-order valence-corrected chi connectivity index (χ4v) is 3.46. The number of nitrogens with two attached hydrogens (primary N) is 1. The average Bonchev–Trinajstić information content (AvgIpc) is 2.76. The Labute approximate surface area is 118 Å². The first-order valence-electron chi connectivity index (χ1n) is 6.11. The number of hydrogen-bond donors (Lipinski definition) is 1. The normalized spacial score (nSPS) is 12.2. The summed E-state index contributed by atoms with van der Waals surface area (Å²) in [4.78, 5) is 15.5. The second-order valence-electron chi connectivity index (χ2n) is 4.53. The highest BCUT2D eigenvalue weighted by molar-refractivity contribution is 7.57. The minimum atomic E-state index is -3.22. The largest absolute Gasteiger partial charge is 0.460 e. The third-order valence-corrected chi connectivity index (χ3v) is 5.40. The van der Waals surface area contributed by atoms with E-state index in [-0.39, 0.29) is 18.4 Å². The molecule has 0 radical (unpaired) electrons. The first-order valence-corrected chi connectivity index (χ1v) is 7.67. The summed E-state index contributed by atoms with van der Waals surface area (Å²) in [6.45, 7) is 2.15. The predicted molar refractivity (Wildman–Crippen MR) is 75.4 cm³/mol. The molecule has 0 amide bonds. The van der Waals surface area contributed by atoms with E-state index in [1.807, 2.05) is 6.92 Å². The van der Waals surface area contributed by atoms with Crippen molar-refractivity contribution in [2.75, 3.05) is 40.5 Å². The maximum Gasteiger partial charge on any atom is 0.378 e. The van der Waals surface area contributed by atoms with Gasteiger partial charge in [0.2, 0.25) is 5.95 Å². The highest BCUT2D eigenvalue weighted by atomic mass is 31.2. The molecule has 0 unspecified atom stereocenters. The van der Waals surface area contributed by atoms with E-state index >= 15 is 0 Å². The van der Waals surface area contributed by atoms with Crippen molar-refractivity contribution in [3.8, 4) is 0 Å². The number of anilines is 1.